The molecule has 0 aromatic rings. The predicted molar refractivity (Wildman–Crippen MR) is 38.4 cm³/mol. The Morgan fingerprint density at radius 2 is 2.60 bits per heavy atom. The summed E-state index contributed by atoms with van der Waals surface area (Å²) in [5, 5.41) is 3.17. The number of ether oxygens (including phenoxy) is 1. The van der Waals surface area contributed by atoms with Gasteiger partial charge in [0, 0.05) is 12.5 Å². The maximum atomic E-state index is 5.79. The van der Waals surface area contributed by atoms with Gasteiger partial charge in [0.25, 0.3) is 0 Å². The van der Waals surface area contributed by atoms with Crippen LogP contribution in [-0.4, -0.2) is 25.9 Å². The zero-order valence-corrected chi connectivity index (χ0v) is 5.84. The minimum Gasteiger partial charge on any atom is -0.376 e. The molecule has 1 fully saturated rings. The molecule has 10 heavy (non-hydrogen) atoms. The summed E-state index contributed by atoms with van der Waals surface area (Å²) in [5.41, 5.74) is 7.17. The monoisotopic (exact) mass is 140 g/mol. The van der Waals surface area contributed by atoms with Gasteiger partial charge in [0.2, 0.25) is 0 Å². The van der Waals surface area contributed by atoms with Crippen LogP contribution in [0.4, 0.5) is 0 Å². The van der Waals surface area contributed by atoms with Crippen LogP contribution in [0.1, 0.15) is 0 Å². The van der Waals surface area contributed by atoms with Crippen LogP contribution in [0.25, 0.3) is 0 Å². The summed E-state index contributed by atoms with van der Waals surface area (Å²) in [5.74, 6) is 0.439. The van der Waals surface area contributed by atoms with Gasteiger partial charge in [-0.2, -0.15) is 0 Å². The van der Waals surface area contributed by atoms with Gasteiger partial charge in [-0.3, -0.25) is 5.32 Å². The van der Waals surface area contributed by atoms with E-state index in [1.54, 1.807) is 0 Å². The van der Waals surface area contributed by atoms with Gasteiger partial charge in [0.15, 0.2) is 0 Å². The highest BCUT2D eigenvalue weighted by atomic mass is 16.5. The molecule has 0 saturated carbocycles. The van der Waals surface area contributed by atoms with E-state index in [1.165, 1.54) is 5.57 Å². The van der Waals surface area contributed by atoms with E-state index in [9.17, 15) is 0 Å². The van der Waals surface area contributed by atoms with Crippen LogP contribution >= 0.6 is 0 Å². The maximum Gasteiger partial charge on any atom is 0.0682 e. The standard InChI is InChI=1S/C7H12N2O/c8-7-6-4-10-3-5(6)1-2-9-7/h1,6-7,9H,2-4,8H2. The Morgan fingerprint density at radius 3 is 3.40 bits per heavy atom. The normalized spacial score (nSPS) is 39.1. The van der Waals surface area contributed by atoms with E-state index >= 15 is 0 Å². The van der Waals surface area contributed by atoms with E-state index in [0.29, 0.717) is 5.92 Å². The molecule has 2 aliphatic rings. The van der Waals surface area contributed by atoms with Gasteiger partial charge in [0.05, 0.1) is 19.4 Å². The molecule has 0 radical (unpaired) electrons. The van der Waals surface area contributed by atoms with Crippen molar-refractivity contribution in [2.24, 2.45) is 11.7 Å². The summed E-state index contributed by atoms with van der Waals surface area (Å²) in [6.07, 6.45) is 2.29. The molecule has 3 N–H and O–H groups in total. The lowest BCUT2D eigenvalue weighted by atomic mass is 9.97. The number of nitrogens with two attached hydrogens (primary N) is 1. The fourth-order valence-corrected chi connectivity index (χ4v) is 1.53. The molecule has 1 saturated heterocycles. The van der Waals surface area contributed by atoms with Crippen molar-refractivity contribution in [2.45, 2.75) is 6.17 Å². The third-order valence-corrected chi connectivity index (χ3v) is 2.19. The minimum absolute atomic E-state index is 0.113. The first-order valence-electron chi connectivity index (χ1n) is 3.63. The van der Waals surface area contributed by atoms with E-state index in [0.717, 1.165) is 19.8 Å². The van der Waals surface area contributed by atoms with Crippen LogP contribution in [-0.2, 0) is 4.74 Å². The number of hydrogen-bond acceptors (Lipinski definition) is 3. The summed E-state index contributed by atoms with van der Waals surface area (Å²) in [6.45, 7) is 2.48. The first kappa shape index (κ1) is 6.34. The van der Waals surface area contributed by atoms with Crippen LogP contribution in [0.2, 0.25) is 0 Å². The second-order valence-electron chi connectivity index (χ2n) is 2.83. The topological polar surface area (TPSA) is 47.3 Å². The fourth-order valence-electron chi connectivity index (χ4n) is 1.53. The largest absolute Gasteiger partial charge is 0.376 e. The van der Waals surface area contributed by atoms with Crippen LogP contribution in [0.15, 0.2) is 11.6 Å². The van der Waals surface area contributed by atoms with E-state index in [4.69, 9.17) is 10.5 Å². The number of hydrogen-bond donors (Lipinski definition) is 2. The fraction of sp³-hybridized carbons (Fsp3) is 0.714. The van der Waals surface area contributed by atoms with E-state index in [1.807, 2.05) is 0 Å². The summed E-state index contributed by atoms with van der Waals surface area (Å²) in [7, 11) is 0. The third kappa shape index (κ3) is 0.868. The molecule has 0 spiro atoms. The predicted octanol–water partition coefficient (Wildman–Crippen LogP) is -0.553. The molecule has 2 rings (SSSR count). The smallest absolute Gasteiger partial charge is 0.0682 e. The van der Waals surface area contributed by atoms with Crippen molar-refractivity contribution >= 4 is 0 Å². The molecule has 3 nitrogen and oxygen atoms in total. The molecule has 0 bridgehead atoms. The first-order chi connectivity index (χ1) is 4.88. The van der Waals surface area contributed by atoms with Crippen molar-refractivity contribution in [1.29, 1.82) is 0 Å². The molecule has 2 aliphatic heterocycles. The Bertz CT molecular complexity index is 167. The molecule has 2 heterocycles. The van der Waals surface area contributed by atoms with Crippen molar-refractivity contribution in [3.8, 4) is 0 Å². The van der Waals surface area contributed by atoms with E-state index in [2.05, 4.69) is 11.4 Å². The highest BCUT2D eigenvalue weighted by Gasteiger charge is 2.29. The number of nitrogens with one attached hydrogen (secondary N) is 1. The zero-order chi connectivity index (χ0) is 6.97. The third-order valence-electron chi connectivity index (χ3n) is 2.19. The Labute approximate surface area is 60.2 Å². The van der Waals surface area contributed by atoms with Crippen LogP contribution in [0.3, 0.4) is 0 Å². The van der Waals surface area contributed by atoms with Crippen LogP contribution < -0.4 is 11.1 Å². The Hall–Kier alpha value is -0.380. The summed E-state index contributed by atoms with van der Waals surface area (Å²) in [6, 6.07) is 0. The highest BCUT2D eigenvalue weighted by molar-refractivity contribution is 5.17. The van der Waals surface area contributed by atoms with Crippen molar-refractivity contribution in [2.75, 3.05) is 19.8 Å². The molecule has 0 aromatic carbocycles. The van der Waals surface area contributed by atoms with Gasteiger partial charge in [0.1, 0.15) is 0 Å². The highest BCUT2D eigenvalue weighted by Crippen LogP contribution is 2.23. The Morgan fingerprint density at radius 1 is 1.70 bits per heavy atom. The summed E-state index contributed by atoms with van der Waals surface area (Å²) in [4.78, 5) is 0. The molecular weight excluding hydrogens is 128 g/mol. The lowest BCUT2D eigenvalue weighted by molar-refractivity contribution is 0.179. The van der Waals surface area contributed by atoms with Gasteiger partial charge in [-0.25, -0.2) is 0 Å². The summed E-state index contributed by atoms with van der Waals surface area (Å²) >= 11 is 0. The lowest BCUT2D eigenvalue weighted by Gasteiger charge is -2.24. The van der Waals surface area contributed by atoms with Gasteiger partial charge in [-0.15, -0.1) is 0 Å². The average molecular weight is 140 g/mol. The van der Waals surface area contributed by atoms with Crippen LogP contribution in [0.5, 0.6) is 0 Å². The Balaban J connectivity index is 2.18. The molecule has 2 atom stereocenters. The second-order valence-corrected chi connectivity index (χ2v) is 2.83. The van der Waals surface area contributed by atoms with Gasteiger partial charge in [-0.1, -0.05) is 6.08 Å². The van der Waals surface area contributed by atoms with Gasteiger partial charge < -0.3 is 10.5 Å². The molecule has 2 unspecified atom stereocenters. The minimum atomic E-state index is 0.113. The van der Waals surface area contributed by atoms with Crippen molar-refractivity contribution < 1.29 is 4.74 Å². The van der Waals surface area contributed by atoms with Gasteiger partial charge >= 0.3 is 0 Å². The van der Waals surface area contributed by atoms with Crippen molar-refractivity contribution in [3.63, 3.8) is 0 Å². The summed E-state index contributed by atoms with van der Waals surface area (Å²) < 4.78 is 5.27. The molecule has 3 heteroatoms. The number of fused-ring (bicyclic) bond motifs is 1. The first-order valence-corrected chi connectivity index (χ1v) is 3.63. The van der Waals surface area contributed by atoms with E-state index < -0.39 is 0 Å². The average Bonchev–Trinajstić information content (AvgIpc) is 2.36. The number of rotatable bonds is 0. The molecular formula is C7H12N2O. The maximum absolute atomic E-state index is 5.79. The molecule has 56 valence electrons. The lowest BCUT2D eigenvalue weighted by Crippen LogP contribution is -2.47. The zero-order valence-electron chi connectivity index (χ0n) is 5.84. The molecule has 0 amide bonds. The quantitative estimate of drug-likeness (QED) is 0.444. The molecule has 0 aliphatic carbocycles. The SMILES string of the molecule is NC1NCC=C2COCC21. The van der Waals surface area contributed by atoms with Crippen molar-refractivity contribution in [1.82, 2.24) is 5.32 Å². The van der Waals surface area contributed by atoms with Crippen molar-refractivity contribution in [3.05, 3.63) is 11.6 Å². The Kier molecular flexibility index (Phi) is 1.48. The van der Waals surface area contributed by atoms with E-state index in [-0.39, 0.29) is 6.17 Å². The van der Waals surface area contributed by atoms with Gasteiger partial charge in [-0.05, 0) is 5.57 Å². The second kappa shape index (κ2) is 2.34. The molecule has 0 aromatic heterocycles. The van der Waals surface area contributed by atoms with Crippen LogP contribution in [0, 0.1) is 5.92 Å².